The quantitative estimate of drug-likeness (QED) is 0.849. The van der Waals surface area contributed by atoms with Gasteiger partial charge in [0.2, 0.25) is 0 Å². The summed E-state index contributed by atoms with van der Waals surface area (Å²) in [7, 11) is -2.93. The molecule has 96 valence electrons. The van der Waals surface area contributed by atoms with E-state index in [1.165, 1.54) is 0 Å². The molecule has 4 heteroatoms. The highest BCUT2D eigenvalue weighted by molar-refractivity contribution is 7.91. The molecule has 1 rings (SSSR count). The van der Waals surface area contributed by atoms with E-state index in [4.69, 9.17) is 0 Å². The maximum absolute atomic E-state index is 11.7. The molecule has 1 aromatic rings. The van der Waals surface area contributed by atoms with Crippen LogP contribution in [-0.2, 0) is 9.84 Å². The van der Waals surface area contributed by atoms with Crippen LogP contribution >= 0.6 is 0 Å². The minimum atomic E-state index is -2.93. The Morgan fingerprint density at radius 3 is 2.47 bits per heavy atom. The lowest BCUT2D eigenvalue weighted by molar-refractivity contribution is 0.583. The van der Waals surface area contributed by atoms with Crippen molar-refractivity contribution in [1.29, 1.82) is 0 Å². The molecule has 1 aromatic carbocycles. The average Bonchev–Trinajstić information content (AvgIpc) is 2.18. The number of benzene rings is 1. The van der Waals surface area contributed by atoms with E-state index in [1.54, 1.807) is 0 Å². The van der Waals surface area contributed by atoms with Gasteiger partial charge in [0.05, 0.1) is 11.5 Å². The van der Waals surface area contributed by atoms with Crippen molar-refractivity contribution in [3.8, 4) is 0 Å². The zero-order valence-corrected chi connectivity index (χ0v) is 11.5. The predicted molar refractivity (Wildman–Crippen MR) is 73.2 cm³/mol. The zero-order valence-electron chi connectivity index (χ0n) is 10.7. The Morgan fingerprint density at radius 2 is 1.88 bits per heavy atom. The molecule has 0 unspecified atom stereocenters. The Hall–Kier alpha value is -1.03. The number of hydrogen-bond acceptors (Lipinski definition) is 3. The minimum Gasteiger partial charge on any atom is -0.384 e. The van der Waals surface area contributed by atoms with E-state index >= 15 is 0 Å². The van der Waals surface area contributed by atoms with Crippen molar-refractivity contribution >= 4 is 15.5 Å². The van der Waals surface area contributed by atoms with Crippen LogP contribution in [0.25, 0.3) is 0 Å². The van der Waals surface area contributed by atoms with Crippen molar-refractivity contribution in [1.82, 2.24) is 0 Å². The molecule has 0 saturated carbocycles. The summed E-state index contributed by atoms with van der Waals surface area (Å²) in [4.78, 5) is 0. The number of sulfone groups is 1. The second-order valence-corrected chi connectivity index (χ2v) is 6.98. The van der Waals surface area contributed by atoms with Gasteiger partial charge in [0.25, 0.3) is 0 Å². The summed E-state index contributed by atoms with van der Waals surface area (Å²) in [6, 6.07) is 7.88. The molecular formula is C13H21NO2S. The molecule has 3 nitrogen and oxygen atoms in total. The van der Waals surface area contributed by atoms with E-state index in [0.29, 0.717) is 6.54 Å². The summed E-state index contributed by atoms with van der Waals surface area (Å²) in [5.41, 5.74) is 2.14. The van der Waals surface area contributed by atoms with Crippen molar-refractivity contribution in [2.24, 2.45) is 5.92 Å². The first-order valence-electron chi connectivity index (χ1n) is 5.90. The lowest BCUT2D eigenvalue weighted by Gasteiger charge is -2.10. The largest absolute Gasteiger partial charge is 0.384 e. The number of nitrogens with one attached hydrogen (secondary N) is 1. The van der Waals surface area contributed by atoms with Crippen LogP contribution in [0.5, 0.6) is 0 Å². The van der Waals surface area contributed by atoms with E-state index in [9.17, 15) is 8.42 Å². The van der Waals surface area contributed by atoms with Crippen LogP contribution in [0.4, 0.5) is 5.69 Å². The third kappa shape index (κ3) is 5.22. The lowest BCUT2D eigenvalue weighted by atomic mass is 10.2. The summed E-state index contributed by atoms with van der Waals surface area (Å²) in [6.07, 6.45) is 0. The lowest BCUT2D eigenvalue weighted by Crippen LogP contribution is -2.21. The molecular weight excluding hydrogens is 234 g/mol. The van der Waals surface area contributed by atoms with E-state index in [0.717, 1.165) is 11.3 Å². The van der Waals surface area contributed by atoms with Crippen molar-refractivity contribution in [2.75, 3.05) is 23.4 Å². The molecule has 0 heterocycles. The van der Waals surface area contributed by atoms with Gasteiger partial charge in [-0.25, -0.2) is 8.42 Å². The van der Waals surface area contributed by atoms with Crippen LogP contribution in [0.15, 0.2) is 24.3 Å². The molecule has 17 heavy (non-hydrogen) atoms. The number of anilines is 1. The molecule has 1 N–H and O–H groups in total. The second kappa shape index (κ2) is 6.05. The van der Waals surface area contributed by atoms with Crippen LogP contribution in [0.2, 0.25) is 0 Å². The molecule has 0 atom stereocenters. The second-order valence-electron chi connectivity index (χ2n) is 4.75. The summed E-state index contributed by atoms with van der Waals surface area (Å²) >= 11 is 0. The molecule has 0 amide bonds. The molecule has 0 aromatic heterocycles. The van der Waals surface area contributed by atoms with Crippen LogP contribution in [0.3, 0.4) is 0 Å². The molecule has 0 saturated heterocycles. The molecule has 0 spiro atoms. The smallest absolute Gasteiger partial charge is 0.152 e. The number of rotatable bonds is 6. The van der Waals surface area contributed by atoms with Gasteiger partial charge in [-0.05, 0) is 24.5 Å². The van der Waals surface area contributed by atoms with Crippen LogP contribution < -0.4 is 5.32 Å². The molecule has 0 aliphatic rings. The van der Waals surface area contributed by atoms with Gasteiger partial charge in [-0.15, -0.1) is 0 Å². The summed E-state index contributed by atoms with van der Waals surface area (Å²) in [5, 5.41) is 3.16. The fourth-order valence-electron chi connectivity index (χ4n) is 1.70. The van der Waals surface area contributed by atoms with Crippen LogP contribution in [0, 0.1) is 12.8 Å². The van der Waals surface area contributed by atoms with Gasteiger partial charge in [0.15, 0.2) is 9.84 Å². The summed E-state index contributed by atoms with van der Waals surface area (Å²) < 4.78 is 23.4. The fourth-order valence-corrected chi connectivity index (χ4v) is 3.30. The van der Waals surface area contributed by atoms with Gasteiger partial charge in [0, 0.05) is 12.2 Å². The highest BCUT2D eigenvalue weighted by Crippen LogP contribution is 2.12. The zero-order chi connectivity index (χ0) is 12.9. The highest BCUT2D eigenvalue weighted by Gasteiger charge is 2.12. The van der Waals surface area contributed by atoms with Gasteiger partial charge >= 0.3 is 0 Å². The Balaban J connectivity index is 2.46. The minimum absolute atomic E-state index is 0.193. The molecule has 0 aliphatic heterocycles. The van der Waals surface area contributed by atoms with Gasteiger partial charge in [0.1, 0.15) is 0 Å². The normalized spacial score (nSPS) is 11.8. The first-order chi connectivity index (χ1) is 7.91. The van der Waals surface area contributed by atoms with Gasteiger partial charge in [-0.1, -0.05) is 32.0 Å². The molecule has 0 fully saturated rings. The average molecular weight is 255 g/mol. The van der Waals surface area contributed by atoms with Crippen molar-refractivity contribution in [3.63, 3.8) is 0 Å². The van der Waals surface area contributed by atoms with Crippen LogP contribution in [0.1, 0.15) is 19.4 Å². The number of aryl methyl sites for hydroxylation is 1. The highest BCUT2D eigenvalue weighted by atomic mass is 32.2. The van der Waals surface area contributed by atoms with Gasteiger partial charge in [-0.3, -0.25) is 0 Å². The van der Waals surface area contributed by atoms with Crippen molar-refractivity contribution in [3.05, 3.63) is 29.8 Å². The molecule has 0 radical (unpaired) electrons. The Morgan fingerprint density at radius 1 is 1.24 bits per heavy atom. The third-order valence-electron chi connectivity index (χ3n) is 2.46. The van der Waals surface area contributed by atoms with E-state index < -0.39 is 9.84 Å². The van der Waals surface area contributed by atoms with E-state index in [2.05, 4.69) is 5.32 Å². The van der Waals surface area contributed by atoms with Gasteiger partial charge in [-0.2, -0.15) is 0 Å². The Labute approximate surface area is 104 Å². The third-order valence-corrected chi connectivity index (χ3v) is 4.46. The predicted octanol–water partition coefficient (Wildman–Crippen LogP) is 2.48. The molecule has 0 bridgehead atoms. The van der Waals surface area contributed by atoms with Crippen LogP contribution in [-0.4, -0.2) is 26.5 Å². The topological polar surface area (TPSA) is 46.2 Å². The first-order valence-corrected chi connectivity index (χ1v) is 7.73. The Bertz CT molecular complexity index is 452. The Kier molecular flexibility index (Phi) is 5.00. The maximum atomic E-state index is 11.7. The van der Waals surface area contributed by atoms with Crippen molar-refractivity contribution in [2.45, 2.75) is 20.8 Å². The summed E-state index contributed by atoms with van der Waals surface area (Å²) in [5.74, 6) is 0.653. The fraction of sp³-hybridized carbons (Fsp3) is 0.538. The number of para-hydroxylation sites is 1. The first kappa shape index (κ1) is 14.0. The molecule has 0 aliphatic carbocycles. The SMILES string of the molecule is Cc1ccccc1NCCS(=O)(=O)CC(C)C. The van der Waals surface area contributed by atoms with Crippen molar-refractivity contribution < 1.29 is 8.42 Å². The van der Waals surface area contributed by atoms with E-state index in [-0.39, 0.29) is 17.4 Å². The standard InChI is InChI=1S/C13H21NO2S/c1-11(2)10-17(15,16)9-8-14-13-7-5-4-6-12(13)3/h4-7,11,14H,8-10H2,1-3H3. The summed E-state index contributed by atoms with van der Waals surface area (Å²) in [6.45, 7) is 6.32. The van der Waals surface area contributed by atoms with E-state index in [1.807, 2.05) is 45.0 Å². The van der Waals surface area contributed by atoms with Gasteiger partial charge < -0.3 is 5.32 Å². The monoisotopic (exact) mass is 255 g/mol. The number of hydrogen-bond donors (Lipinski definition) is 1. The maximum Gasteiger partial charge on any atom is 0.152 e.